The van der Waals surface area contributed by atoms with Gasteiger partial charge in [0, 0.05) is 22.3 Å². The van der Waals surface area contributed by atoms with Gasteiger partial charge in [-0.15, -0.1) is 0 Å². The van der Waals surface area contributed by atoms with Crippen LogP contribution in [-0.4, -0.2) is 53.0 Å². The van der Waals surface area contributed by atoms with Gasteiger partial charge in [-0.05, 0) is 44.0 Å². The fraction of sp³-hybridized carbons (Fsp3) is 0.452. The summed E-state index contributed by atoms with van der Waals surface area (Å²) >= 11 is 6.12. The van der Waals surface area contributed by atoms with Gasteiger partial charge >= 0.3 is 0 Å². The lowest BCUT2D eigenvalue weighted by molar-refractivity contribution is -0.142. The Balaban J connectivity index is 1.34. The Morgan fingerprint density at radius 2 is 1.90 bits per heavy atom. The average Bonchev–Trinajstić information content (AvgIpc) is 3.58. The molecule has 3 amide bonds. The van der Waals surface area contributed by atoms with Gasteiger partial charge < -0.3 is 25.0 Å². The summed E-state index contributed by atoms with van der Waals surface area (Å²) in [5.74, 6) is -1.79. The van der Waals surface area contributed by atoms with Crippen LogP contribution in [0, 0.1) is 11.8 Å². The fourth-order valence-corrected chi connectivity index (χ4v) is 7.06. The zero-order valence-corrected chi connectivity index (χ0v) is 23.2. The van der Waals surface area contributed by atoms with E-state index in [1.54, 1.807) is 29.2 Å². The summed E-state index contributed by atoms with van der Waals surface area (Å²) in [4.78, 5) is 43.5. The number of para-hydroxylation sites is 1. The molecule has 9 heteroatoms. The summed E-state index contributed by atoms with van der Waals surface area (Å²) in [6.07, 6.45) is 8.19. The van der Waals surface area contributed by atoms with Gasteiger partial charge in [-0.3, -0.25) is 14.4 Å². The highest BCUT2D eigenvalue weighted by molar-refractivity contribution is 6.30. The standard InChI is InChI=1S/C31H34ClN3O5/c1-2-39-23-14-7-6-9-19(23)18-35-27(29(37)33-21-11-4-3-5-12-21)31-16-15-24(40-31)25(26(31)30(35)38)28(36)34-22-13-8-10-20(32)17-22/h6-10,13-17,21,24-27H,2-5,11-12,18H2,1H3,(H,33,37)(H,34,36)/t24-,25?,26-,27?,31?/m0/s1. The molecule has 0 aromatic heterocycles. The van der Waals surface area contributed by atoms with Gasteiger partial charge in [0.25, 0.3) is 0 Å². The molecule has 0 radical (unpaired) electrons. The number of amides is 3. The highest BCUT2D eigenvalue weighted by Gasteiger charge is 2.72. The summed E-state index contributed by atoms with van der Waals surface area (Å²) in [7, 11) is 0. The molecule has 3 aliphatic heterocycles. The van der Waals surface area contributed by atoms with Crippen LogP contribution >= 0.6 is 11.6 Å². The van der Waals surface area contributed by atoms with Gasteiger partial charge in [0.1, 0.15) is 17.4 Å². The lowest BCUT2D eigenvalue weighted by Gasteiger charge is -2.34. The van der Waals surface area contributed by atoms with Gasteiger partial charge in [0.15, 0.2) is 0 Å². The third-order valence-electron chi connectivity index (χ3n) is 8.58. The molecular weight excluding hydrogens is 530 g/mol. The van der Waals surface area contributed by atoms with Gasteiger partial charge in [-0.2, -0.15) is 0 Å². The van der Waals surface area contributed by atoms with E-state index in [0.717, 1.165) is 37.7 Å². The Kier molecular flexibility index (Phi) is 7.31. The molecule has 1 aliphatic carbocycles. The molecule has 3 fully saturated rings. The number of anilines is 1. The van der Waals surface area contributed by atoms with E-state index in [1.807, 2.05) is 43.3 Å². The van der Waals surface area contributed by atoms with Crippen LogP contribution in [0.15, 0.2) is 60.7 Å². The molecular formula is C31H34ClN3O5. The lowest BCUT2D eigenvalue weighted by atomic mass is 9.74. The molecule has 6 rings (SSSR count). The number of carbonyl (C=O) groups excluding carboxylic acids is 3. The number of halogens is 1. The first-order chi connectivity index (χ1) is 19.4. The fourth-order valence-electron chi connectivity index (χ4n) is 6.87. The van der Waals surface area contributed by atoms with Crippen LogP contribution in [0.1, 0.15) is 44.6 Å². The van der Waals surface area contributed by atoms with E-state index < -0.39 is 29.6 Å². The second kappa shape index (κ2) is 10.9. The summed E-state index contributed by atoms with van der Waals surface area (Å²) in [6, 6.07) is 13.6. The Bertz CT molecular complexity index is 1340. The number of hydrogen-bond acceptors (Lipinski definition) is 5. The molecule has 1 spiro atoms. The minimum Gasteiger partial charge on any atom is -0.494 e. The summed E-state index contributed by atoms with van der Waals surface area (Å²) in [5.41, 5.74) is 0.109. The molecule has 2 N–H and O–H groups in total. The molecule has 3 heterocycles. The monoisotopic (exact) mass is 563 g/mol. The average molecular weight is 564 g/mol. The van der Waals surface area contributed by atoms with Crippen molar-refractivity contribution >= 4 is 35.0 Å². The molecule has 3 unspecified atom stereocenters. The van der Waals surface area contributed by atoms with E-state index in [0.29, 0.717) is 23.1 Å². The van der Waals surface area contributed by atoms with E-state index in [-0.39, 0.29) is 30.3 Å². The van der Waals surface area contributed by atoms with Crippen molar-refractivity contribution in [3.8, 4) is 5.75 Å². The molecule has 2 saturated heterocycles. The number of hydrogen-bond donors (Lipinski definition) is 2. The Hall–Kier alpha value is -3.36. The SMILES string of the molecule is CCOc1ccccc1CN1C(=O)[C@@H]2C(C(=O)Nc3cccc(Cl)c3)[C@@H]3C=CC2(O3)C1C(=O)NC1CCCCC1. The molecule has 8 nitrogen and oxygen atoms in total. The van der Waals surface area contributed by atoms with E-state index in [1.165, 1.54) is 0 Å². The Morgan fingerprint density at radius 3 is 2.67 bits per heavy atom. The quantitative estimate of drug-likeness (QED) is 0.462. The zero-order valence-electron chi connectivity index (χ0n) is 22.5. The maximum atomic E-state index is 14.3. The van der Waals surface area contributed by atoms with E-state index in [9.17, 15) is 14.4 Å². The van der Waals surface area contributed by atoms with Crippen LogP contribution in [-0.2, 0) is 25.7 Å². The zero-order chi connectivity index (χ0) is 27.9. The number of nitrogens with one attached hydrogen (secondary N) is 2. The Labute approximate surface area is 239 Å². The largest absolute Gasteiger partial charge is 0.494 e. The van der Waals surface area contributed by atoms with Gasteiger partial charge in [0.2, 0.25) is 17.7 Å². The van der Waals surface area contributed by atoms with Crippen molar-refractivity contribution in [1.29, 1.82) is 0 Å². The van der Waals surface area contributed by atoms with Crippen molar-refractivity contribution in [2.45, 2.75) is 69.4 Å². The van der Waals surface area contributed by atoms with Gasteiger partial charge in [0.05, 0.1) is 31.1 Å². The van der Waals surface area contributed by atoms with Crippen LogP contribution in [0.5, 0.6) is 5.75 Å². The van der Waals surface area contributed by atoms with Crippen molar-refractivity contribution in [1.82, 2.24) is 10.2 Å². The van der Waals surface area contributed by atoms with Crippen molar-refractivity contribution in [2.75, 3.05) is 11.9 Å². The minimum absolute atomic E-state index is 0.0638. The number of rotatable bonds is 8. The molecule has 210 valence electrons. The number of fused-ring (bicyclic) bond motifs is 1. The Morgan fingerprint density at radius 1 is 1.10 bits per heavy atom. The maximum Gasteiger partial charge on any atom is 0.246 e. The van der Waals surface area contributed by atoms with Crippen molar-refractivity contribution in [2.24, 2.45) is 11.8 Å². The van der Waals surface area contributed by atoms with Crippen LogP contribution < -0.4 is 15.4 Å². The number of nitrogens with zero attached hydrogens (tertiary/aromatic N) is 1. The summed E-state index contributed by atoms with van der Waals surface area (Å²) in [5, 5.41) is 6.63. The molecule has 5 atom stereocenters. The molecule has 40 heavy (non-hydrogen) atoms. The third-order valence-corrected chi connectivity index (χ3v) is 8.82. The normalized spacial score (nSPS) is 28.9. The van der Waals surface area contributed by atoms with Crippen LogP contribution in [0.4, 0.5) is 5.69 Å². The number of likely N-dealkylation sites (tertiary alicyclic amines) is 1. The van der Waals surface area contributed by atoms with Crippen molar-refractivity contribution in [3.05, 3.63) is 71.3 Å². The second-order valence-corrected chi connectivity index (χ2v) is 11.5. The van der Waals surface area contributed by atoms with Crippen molar-refractivity contribution in [3.63, 3.8) is 0 Å². The summed E-state index contributed by atoms with van der Waals surface area (Å²) < 4.78 is 12.3. The van der Waals surface area contributed by atoms with Crippen LogP contribution in [0.2, 0.25) is 5.02 Å². The molecule has 4 aliphatic rings. The minimum atomic E-state index is -1.22. The van der Waals surface area contributed by atoms with E-state index in [4.69, 9.17) is 21.1 Å². The highest BCUT2D eigenvalue weighted by atomic mass is 35.5. The predicted octanol–water partition coefficient (Wildman–Crippen LogP) is 4.48. The first-order valence-corrected chi connectivity index (χ1v) is 14.5. The van der Waals surface area contributed by atoms with Crippen LogP contribution in [0.25, 0.3) is 0 Å². The van der Waals surface area contributed by atoms with Gasteiger partial charge in [-0.1, -0.05) is 67.3 Å². The first-order valence-electron chi connectivity index (χ1n) is 14.2. The number of benzene rings is 2. The molecule has 2 aromatic rings. The van der Waals surface area contributed by atoms with Crippen LogP contribution in [0.3, 0.4) is 0 Å². The highest BCUT2D eigenvalue weighted by Crippen LogP contribution is 2.55. The topological polar surface area (TPSA) is 97.0 Å². The summed E-state index contributed by atoms with van der Waals surface area (Å²) in [6.45, 7) is 2.55. The third kappa shape index (κ3) is 4.67. The number of ether oxygens (including phenoxy) is 2. The molecule has 2 aromatic carbocycles. The second-order valence-electron chi connectivity index (χ2n) is 11.1. The van der Waals surface area contributed by atoms with Gasteiger partial charge in [-0.25, -0.2) is 0 Å². The van der Waals surface area contributed by atoms with E-state index >= 15 is 0 Å². The number of carbonyl (C=O) groups is 3. The predicted molar refractivity (Wildman–Crippen MR) is 151 cm³/mol. The van der Waals surface area contributed by atoms with Crippen molar-refractivity contribution < 1.29 is 23.9 Å². The first kappa shape index (κ1) is 26.8. The smallest absolute Gasteiger partial charge is 0.246 e. The molecule has 2 bridgehead atoms. The lowest BCUT2D eigenvalue weighted by Crippen LogP contribution is -2.56. The molecule has 1 saturated carbocycles. The van der Waals surface area contributed by atoms with E-state index in [2.05, 4.69) is 10.6 Å². The maximum absolute atomic E-state index is 14.3.